The van der Waals surface area contributed by atoms with Gasteiger partial charge >= 0.3 is 0 Å². The highest BCUT2D eigenvalue weighted by atomic mass is 16.5. The highest BCUT2D eigenvalue weighted by molar-refractivity contribution is 6.08. The molecule has 0 radical (unpaired) electrons. The van der Waals surface area contributed by atoms with E-state index in [2.05, 4.69) is 13.2 Å². The molecule has 2 saturated heterocycles. The summed E-state index contributed by atoms with van der Waals surface area (Å²) < 4.78 is 23.4. The summed E-state index contributed by atoms with van der Waals surface area (Å²) in [6.45, 7) is 14.1. The highest BCUT2D eigenvalue weighted by Crippen LogP contribution is 2.41. The Morgan fingerprint density at radius 2 is 1.11 bits per heavy atom. The third-order valence-electron chi connectivity index (χ3n) is 8.91. The smallest absolute Gasteiger partial charge is 0.257 e. The van der Waals surface area contributed by atoms with E-state index in [1.165, 1.54) is 0 Å². The number of benzene rings is 2. The predicted octanol–water partition coefficient (Wildman–Crippen LogP) is 6.09. The molecule has 0 unspecified atom stereocenters. The second kappa shape index (κ2) is 12.4. The first-order chi connectivity index (χ1) is 21.7. The fraction of sp³-hybridized carbons (Fsp3) is 0.429. The molecule has 6 rings (SSSR count). The Labute approximate surface area is 264 Å². The van der Waals surface area contributed by atoms with Crippen molar-refractivity contribution >= 4 is 34.6 Å². The monoisotopic (exact) mass is 612 g/mol. The van der Waals surface area contributed by atoms with Gasteiger partial charge < -0.3 is 28.7 Å². The van der Waals surface area contributed by atoms with Crippen LogP contribution in [0.25, 0.3) is 0 Å². The van der Waals surface area contributed by atoms with E-state index in [4.69, 9.17) is 28.9 Å². The zero-order chi connectivity index (χ0) is 31.8. The Bertz CT molecular complexity index is 1520. The van der Waals surface area contributed by atoms with E-state index in [0.717, 1.165) is 54.7 Å². The fourth-order valence-corrected chi connectivity index (χ4v) is 6.53. The number of rotatable bonds is 10. The van der Waals surface area contributed by atoms with Crippen LogP contribution >= 0.6 is 0 Å². The molecule has 2 aromatic rings. The zero-order valence-corrected chi connectivity index (χ0v) is 26.5. The molecule has 0 N–H and O–H groups in total. The summed E-state index contributed by atoms with van der Waals surface area (Å²) in [6, 6.07) is 6.95. The number of amides is 2. The SMILES string of the molecule is C=C1C[C@H]2C(C)=Nc3cc(OCCCCCOc4cc5c(cc4OC)C(=O)N4CC(=C)C[C@H]4C(C)=N5)c(OC)cc3C(=O)N2C1. The molecule has 0 bridgehead atoms. The Hall–Kier alpha value is -4.60. The van der Waals surface area contributed by atoms with Gasteiger partial charge in [0.05, 0.1) is 62.0 Å². The second-order valence-electron chi connectivity index (χ2n) is 12.1. The summed E-state index contributed by atoms with van der Waals surface area (Å²) >= 11 is 0. The van der Waals surface area contributed by atoms with Gasteiger partial charge in [0, 0.05) is 36.6 Å². The molecule has 2 atom stereocenters. The fourth-order valence-electron chi connectivity index (χ4n) is 6.53. The molecule has 45 heavy (non-hydrogen) atoms. The molecule has 4 heterocycles. The van der Waals surface area contributed by atoms with Gasteiger partial charge in [-0.3, -0.25) is 19.6 Å². The molecule has 2 amide bonds. The minimum absolute atomic E-state index is 0.0568. The molecule has 10 nitrogen and oxygen atoms in total. The molecular weight excluding hydrogens is 572 g/mol. The molecule has 2 aromatic carbocycles. The highest BCUT2D eigenvalue weighted by Gasteiger charge is 2.38. The number of carbonyl (C=O) groups excluding carboxylic acids is 2. The maximum absolute atomic E-state index is 13.3. The summed E-state index contributed by atoms with van der Waals surface area (Å²) in [7, 11) is 3.14. The molecule has 4 aliphatic rings. The molecular formula is C35H40N4O6. The summed E-state index contributed by atoms with van der Waals surface area (Å²) in [5.74, 6) is 2.01. The van der Waals surface area contributed by atoms with E-state index >= 15 is 0 Å². The van der Waals surface area contributed by atoms with Gasteiger partial charge in [0.1, 0.15) is 0 Å². The van der Waals surface area contributed by atoms with E-state index in [1.54, 1.807) is 38.5 Å². The molecule has 2 fully saturated rings. The number of hydrogen-bond donors (Lipinski definition) is 0. The topological polar surface area (TPSA) is 102 Å². The molecule has 4 aliphatic heterocycles. The molecule has 0 saturated carbocycles. The van der Waals surface area contributed by atoms with Crippen molar-refractivity contribution in [2.24, 2.45) is 9.98 Å². The van der Waals surface area contributed by atoms with Crippen molar-refractivity contribution in [3.8, 4) is 23.0 Å². The number of carbonyl (C=O) groups is 2. The van der Waals surface area contributed by atoms with E-state index in [-0.39, 0.29) is 23.9 Å². The van der Waals surface area contributed by atoms with Crippen molar-refractivity contribution in [1.82, 2.24) is 9.80 Å². The van der Waals surface area contributed by atoms with Gasteiger partial charge in [-0.15, -0.1) is 0 Å². The average molecular weight is 613 g/mol. The Morgan fingerprint density at radius 1 is 0.689 bits per heavy atom. The van der Waals surface area contributed by atoms with Gasteiger partial charge in [-0.05, 0) is 58.1 Å². The van der Waals surface area contributed by atoms with Crippen LogP contribution in [0.15, 0.2) is 58.6 Å². The second-order valence-corrected chi connectivity index (χ2v) is 12.1. The van der Waals surface area contributed by atoms with E-state index in [0.29, 0.717) is 71.8 Å². The Balaban J connectivity index is 1.05. The lowest BCUT2D eigenvalue weighted by atomic mass is 10.1. The van der Waals surface area contributed by atoms with E-state index < -0.39 is 0 Å². The van der Waals surface area contributed by atoms with Gasteiger partial charge in [0.15, 0.2) is 23.0 Å². The number of unbranched alkanes of at least 4 members (excludes halogenated alkanes) is 2. The number of fused-ring (bicyclic) bond motifs is 4. The first-order valence-electron chi connectivity index (χ1n) is 15.4. The number of aliphatic imine (C=N–C) groups is 2. The zero-order valence-electron chi connectivity index (χ0n) is 26.5. The molecule has 0 aliphatic carbocycles. The standard InChI is InChI=1S/C35H40N4O6/c1-20-12-28-22(3)36-26-16-32(30(42-5)14-24(26)34(40)38(28)18-20)44-10-8-7-9-11-45-33-17-27-25(15-31(33)43-6)35(41)39-19-21(2)13-29(39)23(4)37-27/h14-17,28-29H,1-2,7-13,18-19H2,3-6H3/t28-,29-/m0/s1. The largest absolute Gasteiger partial charge is 0.493 e. The Kier molecular flexibility index (Phi) is 8.40. The Morgan fingerprint density at radius 3 is 1.51 bits per heavy atom. The summed E-state index contributed by atoms with van der Waals surface area (Å²) in [5, 5.41) is 0. The van der Waals surface area contributed by atoms with Crippen molar-refractivity contribution in [3.05, 3.63) is 59.7 Å². The number of hydrogen-bond acceptors (Lipinski definition) is 8. The van der Waals surface area contributed by atoms with Crippen LogP contribution in [0.1, 0.15) is 66.7 Å². The number of methoxy groups -OCH3 is 2. The summed E-state index contributed by atoms with van der Waals surface area (Å²) in [6.07, 6.45) is 3.94. The quantitative estimate of drug-likeness (QED) is 0.238. The lowest BCUT2D eigenvalue weighted by Gasteiger charge is -2.22. The molecule has 0 aromatic heterocycles. The first-order valence-corrected chi connectivity index (χ1v) is 15.4. The van der Waals surface area contributed by atoms with Crippen molar-refractivity contribution in [2.75, 3.05) is 40.5 Å². The predicted molar refractivity (Wildman–Crippen MR) is 174 cm³/mol. The van der Waals surface area contributed by atoms with Crippen LogP contribution in [0.3, 0.4) is 0 Å². The number of ether oxygens (including phenoxy) is 4. The third-order valence-corrected chi connectivity index (χ3v) is 8.91. The van der Waals surface area contributed by atoms with Crippen molar-refractivity contribution in [2.45, 2.75) is 58.0 Å². The summed E-state index contributed by atoms with van der Waals surface area (Å²) in [4.78, 5) is 39.9. The molecule has 10 heteroatoms. The van der Waals surface area contributed by atoms with Crippen molar-refractivity contribution < 1.29 is 28.5 Å². The van der Waals surface area contributed by atoms with Crippen LogP contribution in [-0.4, -0.2) is 85.6 Å². The van der Waals surface area contributed by atoms with Crippen LogP contribution < -0.4 is 18.9 Å². The average Bonchev–Trinajstić information content (AvgIpc) is 3.58. The van der Waals surface area contributed by atoms with Gasteiger partial charge in [-0.1, -0.05) is 24.3 Å². The minimum Gasteiger partial charge on any atom is -0.493 e. The summed E-state index contributed by atoms with van der Waals surface area (Å²) in [5.41, 5.74) is 6.08. The lowest BCUT2D eigenvalue weighted by Crippen LogP contribution is -2.38. The van der Waals surface area contributed by atoms with Crippen LogP contribution in [0.4, 0.5) is 11.4 Å². The first kappa shape index (κ1) is 30.4. The van der Waals surface area contributed by atoms with E-state index in [9.17, 15) is 9.59 Å². The van der Waals surface area contributed by atoms with Crippen molar-refractivity contribution in [1.29, 1.82) is 0 Å². The van der Waals surface area contributed by atoms with E-state index in [1.807, 2.05) is 23.6 Å². The number of nitrogens with zero attached hydrogens (tertiary/aromatic N) is 4. The minimum atomic E-state index is -0.0645. The molecule has 0 spiro atoms. The van der Waals surface area contributed by atoms with Crippen LogP contribution in [0, 0.1) is 0 Å². The van der Waals surface area contributed by atoms with Gasteiger partial charge in [0.2, 0.25) is 0 Å². The van der Waals surface area contributed by atoms with Gasteiger partial charge in [-0.2, -0.15) is 0 Å². The normalized spacial score (nSPS) is 20.4. The van der Waals surface area contributed by atoms with Crippen molar-refractivity contribution in [3.63, 3.8) is 0 Å². The van der Waals surface area contributed by atoms with Crippen LogP contribution in [0.5, 0.6) is 23.0 Å². The van der Waals surface area contributed by atoms with Crippen LogP contribution in [-0.2, 0) is 0 Å². The van der Waals surface area contributed by atoms with Gasteiger partial charge in [-0.25, -0.2) is 0 Å². The maximum Gasteiger partial charge on any atom is 0.257 e. The molecule has 236 valence electrons. The maximum atomic E-state index is 13.3. The lowest BCUT2D eigenvalue weighted by molar-refractivity contribution is 0.0767. The third kappa shape index (κ3) is 5.81. The van der Waals surface area contributed by atoms with Crippen LogP contribution in [0.2, 0.25) is 0 Å². The van der Waals surface area contributed by atoms with Gasteiger partial charge in [0.25, 0.3) is 11.8 Å².